The number of Topliss-reactive ketones (excluding diaryl/α,β-unsaturated/α-hetero) is 1. The first-order valence-electron chi connectivity index (χ1n) is 13.7. The van der Waals surface area contributed by atoms with Crippen LogP contribution in [-0.4, -0.2) is 67.3 Å². The molecule has 1 aliphatic heterocycles. The molecule has 1 fully saturated rings. The predicted molar refractivity (Wildman–Crippen MR) is 155 cm³/mol. The van der Waals surface area contributed by atoms with Crippen LogP contribution in [0.25, 0.3) is 10.9 Å². The van der Waals surface area contributed by atoms with E-state index < -0.39 is 6.10 Å². The fourth-order valence-corrected chi connectivity index (χ4v) is 5.49. The van der Waals surface area contributed by atoms with E-state index in [2.05, 4.69) is 9.88 Å². The average molecular weight is 541 g/mol. The molecule has 7 nitrogen and oxygen atoms in total. The van der Waals surface area contributed by atoms with Gasteiger partial charge in [-0.25, -0.2) is 0 Å². The van der Waals surface area contributed by atoms with Gasteiger partial charge in [0.2, 0.25) is 0 Å². The van der Waals surface area contributed by atoms with E-state index in [1.807, 2.05) is 78.9 Å². The maximum Gasteiger partial charge on any atom is 0.147 e. The van der Waals surface area contributed by atoms with Crippen molar-refractivity contribution in [1.82, 2.24) is 9.88 Å². The lowest BCUT2D eigenvalue weighted by atomic mass is 9.79. The van der Waals surface area contributed by atoms with Crippen molar-refractivity contribution >= 4 is 16.7 Å². The summed E-state index contributed by atoms with van der Waals surface area (Å²) in [6, 6.07) is 25.1. The number of likely N-dealkylation sites (tertiary alicyclic amines) is 1. The molecular weight excluding hydrogens is 504 g/mol. The molecule has 4 aromatic rings. The Morgan fingerprint density at radius 2 is 1.52 bits per heavy atom. The highest BCUT2D eigenvalue weighted by atomic mass is 16.5. The third-order valence-corrected chi connectivity index (χ3v) is 7.68. The van der Waals surface area contributed by atoms with Gasteiger partial charge in [-0.2, -0.15) is 0 Å². The molecule has 1 N–H and O–H groups in total. The van der Waals surface area contributed by atoms with Crippen molar-refractivity contribution in [3.63, 3.8) is 0 Å². The minimum absolute atomic E-state index is 0.0537. The smallest absolute Gasteiger partial charge is 0.147 e. The second kappa shape index (κ2) is 12.9. The summed E-state index contributed by atoms with van der Waals surface area (Å²) < 4.78 is 16.6. The SMILES string of the molecule is COc1ccc(C(C(=O)C2CCN(CC(O)COc3cccc4ncccc34)CC2)c2ccc(OC)cc2)cc1. The molecule has 1 aliphatic rings. The number of aliphatic hydroxyl groups excluding tert-OH is 1. The van der Waals surface area contributed by atoms with Gasteiger partial charge in [-0.15, -0.1) is 0 Å². The first-order valence-corrected chi connectivity index (χ1v) is 13.7. The van der Waals surface area contributed by atoms with E-state index in [0.29, 0.717) is 6.54 Å². The number of methoxy groups -OCH3 is 2. The van der Waals surface area contributed by atoms with E-state index in [1.165, 1.54) is 0 Å². The Kier molecular flexibility index (Phi) is 8.94. The highest BCUT2D eigenvalue weighted by Crippen LogP contribution is 2.34. The van der Waals surface area contributed by atoms with Crippen LogP contribution in [-0.2, 0) is 4.79 Å². The molecule has 0 saturated carbocycles. The van der Waals surface area contributed by atoms with Gasteiger partial charge in [-0.05, 0) is 85.6 Å². The predicted octanol–water partition coefficient (Wildman–Crippen LogP) is 5.10. The molecule has 0 amide bonds. The Labute approximate surface area is 235 Å². The molecule has 1 saturated heterocycles. The van der Waals surface area contributed by atoms with E-state index in [1.54, 1.807) is 20.4 Å². The first-order chi connectivity index (χ1) is 19.6. The quantitative estimate of drug-likeness (QED) is 0.283. The number of nitrogens with zero attached hydrogens (tertiary/aromatic N) is 2. The number of benzene rings is 3. The summed E-state index contributed by atoms with van der Waals surface area (Å²) in [7, 11) is 3.28. The number of hydrogen-bond acceptors (Lipinski definition) is 7. The van der Waals surface area contributed by atoms with Crippen LogP contribution in [0.1, 0.15) is 29.9 Å². The summed E-state index contributed by atoms with van der Waals surface area (Å²) >= 11 is 0. The topological polar surface area (TPSA) is 81.1 Å². The lowest BCUT2D eigenvalue weighted by Crippen LogP contribution is -2.42. The molecule has 0 radical (unpaired) electrons. The number of carbonyl (C=O) groups is 1. The van der Waals surface area contributed by atoms with Crippen LogP contribution < -0.4 is 14.2 Å². The van der Waals surface area contributed by atoms with Gasteiger partial charge in [-0.1, -0.05) is 30.3 Å². The monoisotopic (exact) mass is 540 g/mol. The Morgan fingerprint density at radius 3 is 2.12 bits per heavy atom. The lowest BCUT2D eigenvalue weighted by Gasteiger charge is -2.34. The van der Waals surface area contributed by atoms with Crippen LogP contribution in [0, 0.1) is 5.92 Å². The fraction of sp³-hybridized carbons (Fsp3) is 0.333. The molecule has 0 spiro atoms. The summed E-state index contributed by atoms with van der Waals surface area (Å²) in [5.41, 5.74) is 2.77. The van der Waals surface area contributed by atoms with Crippen LogP contribution in [0.2, 0.25) is 0 Å². The number of hydrogen-bond donors (Lipinski definition) is 1. The second-order valence-electron chi connectivity index (χ2n) is 10.2. The van der Waals surface area contributed by atoms with Crippen molar-refractivity contribution in [3.05, 3.63) is 96.2 Å². The molecule has 40 heavy (non-hydrogen) atoms. The van der Waals surface area contributed by atoms with Crippen LogP contribution in [0.15, 0.2) is 85.1 Å². The van der Waals surface area contributed by atoms with E-state index >= 15 is 0 Å². The van der Waals surface area contributed by atoms with Gasteiger partial charge in [0, 0.05) is 24.0 Å². The molecule has 7 heteroatoms. The standard InChI is InChI=1S/C33H36N2O5/c1-38-27-12-8-23(9-13-27)32(24-10-14-28(39-2)15-11-24)33(37)25-16-19-35(20-17-25)21-26(36)22-40-31-7-3-6-30-29(31)5-4-18-34-30/h3-15,18,25-26,32,36H,16-17,19-22H2,1-2H3. The Morgan fingerprint density at radius 1 is 0.900 bits per heavy atom. The molecular formula is C33H36N2O5. The van der Waals surface area contributed by atoms with Gasteiger partial charge in [0.1, 0.15) is 35.7 Å². The fourth-order valence-electron chi connectivity index (χ4n) is 5.49. The summed E-state index contributed by atoms with van der Waals surface area (Å²) in [6.07, 6.45) is 2.63. The molecule has 5 rings (SSSR count). The maximum absolute atomic E-state index is 13.9. The second-order valence-corrected chi connectivity index (χ2v) is 10.2. The number of ether oxygens (including phenoxy) is 3. The number of β-amino-alcohol motifs (C(OH)–C–C–N with tert-alkyl or cyclic N) is 1. The summed E-state index contributed by atoms with van der Waals surface area (Å²) in [4.78, 5) is 20.5. The van der Waals surface area contributed by atoms with Crippen LogP contribution >= 0.6 is 0 Å². The van der Waals surface area contributed by atoms with E-state index in [0.717, 1.165) is 65.2 Å². The lowest BCUT2D eigenvalue weighted by molar-refractivity contribution is -0.125. The largest absolute Gasteiger partial charge is 0.497 e. The molecule has 1 aromatic heterocycles. The third kappa shape index (κ3) is 6.43. The van der Waals surface area contributed by atoms with Crippen LogP contribution in [0.3, 0.4) is 0 Å². The van der Waals surface area contributed by atoms with Gasteiger partial charge in [0.25, 0.3) is 0 Å². The molecule has 0 bridgehead atoms. The number of carbonyl (C=O) groups excluding carboxylic acids is 1. The molecule has 3 aromatic carbocycles. The summed E-state index contributed by atoms with van der Waals surface area (Å²) in [5.74, 6) is 2.06. The van der Waals surface area contributed by atoms with Crippen molar-refractivity contribution in [2.75, 3.05) is 40.5 Å². The minimum Gasteiger partial charge on any atom is -0.497 e. The molecule has 1 unspecified atom stereocenters. The summed E-state index contributed by atoms with van der Waals surface area (Å²) in [5, 5.41) is 11.6. The number of aliphatic hydroxyl groups is 1. The molecule has 208 valence electrons. The van der Waals surface area contributed by atoms with E-state index in [4.69, 9.17) is 14.2 Å². The van der Waals surface area contributed by atoms with Gasteiger partial charge < -0.3 is 24.2 Å². The number of pyridine rings is 1. The van der Waals surface area contributed by atoms with Crippen molar-refractivity contribution in [2.45, 2.75) is 24.9 Å². The number of piperidine rings is 1. The number of fused-ring (bicyclic) bond motifs is 1. The highest BCUT2D eigenvalue weighted by molar-refractivity contribution is 5.91. The third-order valence-electron chi connectivity index (χ3n) is 7.68. The van der Waals surface area contributed by atoms with E-state index in [-0.39, 0.29) is 24.2 Å². The zero-order chi connectivity index (χ0) is 27.9. The van der Waals surface area contributed by atoms with Crippen molar-refractivity contribution < 1.29 is 24.1 Å². The van der Waals surface area contributed by atoms with Crippen molar-refractivity contribution in [1.29, 1.82) is 0 Å². The van der Waals surface area contributed by atoms with Gasteiger partial charge in [0.05, 0.1) is 25.7 Å². The summed E-state index contributed by atoms with van der Waals surface area (Å²) in [6.45, 7) is 2.21. The van der Waals surface area contributed by atoms with Gasteiger partial charge in [-0.3, -0.25) is 9.78 Å². The zero-order valence-corrected chi connectivity index (χ0v) is 23.0. The van der Waals surface area contributed by atoms with Crippen molar-refractivity contribution in [2.24, 2.45) is 5.92 Å². The zero-order valence-electron chi connectivity index (χ0n) is 23.0. The molecule has 2 heterocycles. The first kappa shape index (κ1) is 27.6. The van der Waals surface area contributed by atoms with Crippen molar-refractivity contribution in [3.8, 4) is 17.2 Å². The van der Waals surface area contributed by atoms with Crippen LogP contribution in [0.5, 0.6) is 17.2 Å². The number of aromatic nitrogens is 1. The van der Waals surface area contributed by atoms with E-state index in [9.17, 15) is 9.90 Å². The Hall–Kier alpha value is -3.94. The normalized spacial score (nSPS) is 15.2. The molecule has 1 atom stereocenters. The number of rotatable bonds is 11. The minimum atomic E-state index is -0.634. The Balaban J connectivity index is 1.20. The number of ketones is 1. The van der Waals surface area contributed by atoms with Gasteiger partial charge in [0.15, 0.2) is 0 Å². The maximum atomic E-state index is 13.9. The molecule has 0 aliphatic carbocycles. The Bertz CT molecular complexity index is 1350. The van der Waals surface area contributed by atoms with Crippen LogP contribution in [0.4, 0.5) is 0 Å². The average Bonchev–Trinajstić information content (AvgIpc) is 3.01. The van der Waals surface area contributed by atoms with Gasteiger partial charge >= 0.3 is 0 Å². The highest BCUT2D eigenvalue weighted by Gasteiger charge is 2.32.